The van der Waals surface area contributed by atoms with Crippen LogP contribution in [0.25, 0.3) is 0 Å². The predicted molar refractivity (Wildman–Crippen MR) is 116 cm³/mol. The summed E-state index contributed by atoms with van der Waals surface area (Å²) >= 11 is 0. The van der Waals surface area contributed by atoms with Gasteiger partial charge >= 0.3 is 0 Å². The Hall–Kier alpha value is -3.74. The molecule has 1 aromatic carbocycles. The second kappa shape index (κ2) is 8.95. The summed E-state index contributed by atoms with van der Waals surface area (Å²) < 4.78 is 28.6. The monoisotopic (exact) mass is 424 g/mol. The minimum Gasteiger partial charge on any atom is -0.398 e. The van der Waals surface area contributed by atoms with E-state index in [2.05, 4.69) is 15.0 Å². The van der Waals surface area contributed by atoms with Gasteiger partial charge in [0, 0.05) is 68.3 Å². The van der Waals surface area contributed by atoms with Crippen LogP contribution >= 0.6 is 0 Å². The normalized spacial score (nSPS) is 16.6. The number of anilines is 2. The van der Waals surface area contributed by atoms with E-state index in [0.717, 1.165) is 12.3 Å². The van der Waals surface area contributed by atoms with E-state index in [4.69, 9.17) is 21.8 Å². The molecule has 1 aliphatic heterocycles. The first-order valence-electron chi connectivity index (χ1n) is 9.60. The van der Waals surface area contributed by atoms with Crippen molar-refractivity contribution >= 4 is 29.6 Å². The number of nitrogen functional groups attached to an aromatic ring is 1. The molecule has 1 unspecified atom stereocenters. The molecule has 0 spiro atoms. The molecule has 4 N–H and O–H groups in total. The Labute approximate surface area is 178 Å². The zero-order valence-electron chi connectivity index (χ0n) is 16.9. The number of nitrogens with zero attached hydrogens (tertiary/aromatic N) is 5. The maximum absolute atomic E-state index is 14.5. The second-order valence-corrected chi connectivity index (χ2v) is 7.26. The molecule has 1 fully saturated rings. The largest absolute Gasteiger partial charge is 0.398 e. The maximum atomic E-state index is 14.5. The Morgan fingerprint density at radius 1 is 1.35 bits per heavy atom. The molecule has 0 amide bonds. The number of hydrogen-bond donors (Lipinski definition) is 3. The number of piperidine rings is 1. The van der Waals surface area contributed by atoms with Crippen molar-refractivity contribution in [2.75, 3.05) is 30.8 Å². The van der Waals surface area contributed by atoms with Gasteiger partial charge in [-0.25, -0.2) is 18.7 Å². The fraction of sp³-hybridized carbons (Fsp3) is 0.333. The van der Waals surface area contributed by atoms with E-state index in [-0.39, 0.29) is 41.1 Å². The van der Waals surface area contributed by atoms with Gasteiger partial charge in [0.2, 0.25) is 0 Å². The quantitative estimate of drug-likeness (QED) is 0.483. The lowest BCUT2D eigenvalue weighted by Gasteiger charge is -2.33. The Balaban J connectivity index is 1.91. The number of alkyl halides is 1. The van der Waals surface area contributed by atoms with Gasteiger partial charge in [-0.15, -0.1) is 0 Å². The summed E-state index contributed by atoms with van der Waals surface area (Å²) in [5, 5.41) is 25.1. The van der Waals surface area contributed by atoms with E-state index >= 15 is 0 Å². The second-order valence-electron chi connectivity index (χ2n) is 7.26. The number of nitriles is 1. The third-order valence-electron chi connectivity index (χ3n) is 5.28. The maximum Gasteiger partial charge on any atom is 0.199 e. The van der Waals surface area contributed by atoms with Crippen molar-refractivity contribution in [3.8, 4) is 6.07 Å². The van der Waals surface area contributed by atoms with Crippen molar-refractivity contribution in [3.05, 3.63) is 47.2 Å². The Morgan fingerprint density at radius 3 is 2.68 bits per heavy atom. The lowest BCUT2D eigenvalue weighted by molar-refractivity contribution is 0.193. The van der Waals surface area contributed by atoms with Crippen molar-refractivity contribution in [3.63, 3.8) is 0 Å². The van der Waals surface area contributed by atoms with Crippen molar-refractivity contribution < 1.29 is 8.78 Å². The summed E-state index contributed by atoms with van der Waals surface area (Å²) in [6.45, 7) is 0.627. The van der Waals surface area contributed by atoms with Gasteiger partial charge in [0.1, 0.15) is 24.0 Å². The van der Waals surface area contributed by atoms with Gasteiger partial charge < -0.3 is 16.0 Å². The van der Waals surface area contributed by atoms with Crippen LogP contribution in [-0.4, -0.2) is 53.9 Å². The number of hydrogen-bond acceptors (Lipinski definition) is 8. The molecule has 0 aliphatic carbocycles. The van der Waals surface area contributed by atoms with Gasteiger partial charge in [-0.3, -0.25) is 10.4 Å². The highest BCUT2D eigenvalue weighted by atomic mass is 19.1. The zero-order valence-corrected chi connectivity index (χ0v) is 16.9. The number of nitrogens with one attached hydrogen (secondary N) is 2. The van der Waals surface area contributed by atoms with Crippen LogP contribution < -0.4 is 10.6 Å². The molecule has 3 rings (SSSR count). The topological polar surface area (TPSA) is 139 Å². The SMILES string of the molecule is CN=CC(C=N)c1cc(C(=N)c2cc(N3CCC(F)(C#N)CC3)ncn2)c(N)cc1F. The minimum absolute atomic E-state index is 0.0339. The van der Waals surface area contributed by atoms with E-state index in [9.17, 15) is 8.78 Å². The minimum atomic E-state index is -1.83. The number of halogens is 2. The van der Waals surface area contributed by atoms with Crippen molar-refractivity contribution in [1.82, 2.24) is 9.97 Å². The first-order chi connectivity index (χ1) is 14.8. The Kier molecular flexibility index (Phi) is 6.34. The third kappa shape index (κ3) is 4.55. The van der Waals surface area contributed by atoms with Crippen LogP contribution in [0.1, 0.15) is 35.6 Å². The van der Waals surface area contributed by atoms with Gasteiger partial charge in [-0.2, -0.15) is 5.26 Å². The van der Waals surface area contributed by atoms with Crippen LogP contribution in [0.5, 0.6) is 0 Å². The molecule has 1 atom stereocenters. The lowest BCUT2D eigenvalue weighted by atomic mass is 9.94. The molecule has 1 saturated heterocycles. The van der Waals surface area contributed by atoms with Crippen LogP contribution in [0, 0.1) is 28.0 Å². The molecule has 0 bridgehead atoms. The average Bonchev–Trinajstić information content (AvgIpc) is 2.78. The molecule has 10 heteroatoms. The van der Waals surface area contributed by atoms with Gasteiger partial charge in [-0.05, 0) is 12.1 Å². The van der Waals surface area contributed by atoms with Gasteiger partial charge in [0.15, 0.2) is 5.67 Å². The summed E-state index contributed by atoms with van der Waals surface area (Å²) in [6.07, 6.45) is 3.92. The molecule has 1 aromatic heterocycles. The smallest absolute Gasteiger partial charge is 0.199 e. The van der Waals surface area contributed by atoms with E-state index in [1.807, 2.05) is 4.90 Å². The number of aromatic nitrogens is 2. The molecule has 1 aliphatic rings. The molecule has 2 heterocycles. The summed E-state index contributed by atoms with van der Waals surface area (Å²) in [7, 11) is 1.53. The molecule has 31 heavy (non-hydrogen) atoms. The van der Waals surface area contributed by atoms with E-state index in [0.29, 0.717) is 18.9 Å². The number of benzene rings is 1. The van der Waals surface area contributed by atoms with Crippen molar-refractivity contribution in [2.24, 2.45) is 4.99 Å². The Morgan fingerprint density at radius 2 is 2.06 bits per heavy atom. The van der Waals surface area contributed by atoms with Crippen LogP contribution in [0.2, 0.25) is 0 Å². The highest BCUT2D eigenvalue weighted by Crippen LogP contribution is 2.29. The summed E-state index contributed by atoms with van der Waals surface area (Å²) in [6, 6.07) is 5.85. The molecule has 2 aromatic rings. The van der Waals surface area contributed by atoms with Gasteiger partial charge in [0.25, 0.3) is 0 Å². The Bertz CT molecular complexity index is 1070. The molecule has 0 saturated carbocycles. The highest BCUT2D eigenvalue weighted by Gasteiger charge is 2.35. The third-order valence-corrected chi connectivity index (χ3v) is 5.28. The first-order valence-corrected chi connectivity index (χ1v) is 9.60. The van der Waals surface area contributed by atoms with Gasteiger partial charge in [0.05, 0.1) is 17.3 Å². The fourth-order valence-electron chi connectivity index (χ4n) is 3.45. The van der Waals surface area contributed by atoms with E-state index in [1.165, 1.54) is 25.7 Å². The summed E-state index contributed by atoms with van der Waals surface area (Å²) in [4.78, 5) is 14.0. The average molecular weight is 424 g/mol. The number of aliphatic imine (C=N–C) groups is 1. The summed E-state index contributed by atoms with van der Waals surface area (Å²) in [5.74, 6) is -0.773. The van der Waals surface area contributed by atoms with Crippen molar-refractivity contribution in [2.45, 2.75) is 24.4 Å². The van der Waals surface area contributed by atoms with E-state index in [1.54, 1.807) is 12.1 Å². The number of nitrogens with two attached hydrogens (primary N) is 1. The van der Waals surface area contributed by atoms with Crippen LogP contribution in [0.4, 0.5) is 20.3 Å². The fourth-order valence-corrected chi connectivity index (χ4v) is 3.45. The molecular formula is C21H22F2N8. The molecule has 8 nitrogen and oxygen atoms in total. The molecular weight excluding hydrogens is 402 g/mol. The first kappa shape index (κ1) is 22.0. The summed E-state index contributed by atoms with van der Waals surface area (Å²) in [5.41, 5.74) is 4.89. The standard InChI is InChI=1S/C21H22F2N8/c1-28-10-13(9-24)14-6-15(17(26)7-16(14)22)20(27)18-8-19(30-12-29-18)31-4-2-21(23,11-25)3-5-31/h6-10,12-13,24,27H,2-5,26H2,1H3. The predicted octanol–water partition coefficient (Wildman–Crippen LogP) is 2.88. The lowest BCUT2D eigenvalue weighted by Crippen LogP contribution is -2.41. The molecule has 160 valence electrons. The number of rotatable bonds is 6. The highest BCUT2D eigenvalue weighted by molar-refractivity contribution is 6.13. The zero-order chi connectivity index (χ0) is 22.6. The van der Waals surface area contributed by atoms with Crippen LogP contribution in [0.3, 0.4) is 0 Å². The van der Waals surface area contributed by atoms with Crippen LogP contribution in [-0.2, 0) is 0 Å². The molecule has 0 radical (unpaired) electrons. The van der Waals surface area contributed by atoms with E-state index < -0.39 is 17.4 Å². The van der Waals surface area contributed by atoms with Crippen molar-refractivity contribution in [1.29, 1.82) is 16.1 Å². The van der Waals surface area contributed by atoms with Gasteiger partial charge in [-0.1, -0.05) is 0 Å². The van der Waals surface area contributed by atoms with Crippen LogP contribution in [0.15, 0.2) is 29.5 Å².